The lowest BCUT2D eigenvalue weighted by Crippen LogP contribution is -2.38. The summed E-state index contributed by atoms with van der Waals surface area (Å²) in [5, 5.41) is 7.14. The van der Waals surface area contributed by atoms with E-state index in [1.54, 1.807) is 23.1 Å². The van der Waals surface area contributed by atoms with Crippen molar-refractivity contribution in [3.63, 3.8) is 0 Å². The van der Waals surface area contributed by atoms with Crippen molar-refractivity contribution in [1.82, 2.24) is 14.7 Å². The van der Waals surface area contributed by atoms with Gasteiger partial charge in [0.15, 0.2) is 17.5 Å². The summed E-state index contributed by atoms with van der Waals surface area (Å²) in [4.78, 5) is 15.1. The molecule has 35 heavy (non-hydrogen) atoms. The molecule has 0 bridgehead atoms. The fourth-order valence-corrected chi connectivity index (χ4v) is 4.85. The minimum Gasteiger partial charge on any atom is -0.493 e. The third kappa shape index (κ3) is 4.17. The Labute approximate surface area is 200 Å². The number of alkyl halides is 3. The number of carbonyl (C=O) groups is 1. The first kappa shape index (κ1) is 23.1. The first-order valence-electron chi connectivity index (χ1n) is 11.3. The van der Waals surface area contributed by atoms with Crippen LogP contribution in [0.4, 0.5) is 19.0 Å². The number of benzene rings is 2. The third-order valence-corrected chi connectivity index (χ3v) is 6.70. The van der Waals surface area contributed by atoms with Crippen molar-refractivity contribution in [3.05, 3.63) is 70.9 Å². The quantitative estimate of drug-likeness (QED) is 0.576. The Hall–Kier alpha value is -3.69. The van der Waals surface area contributed by atoms with E-state index in [1.165, 1.54) is 26.0 Å². The van der Waals surface area contributed by atoms with Crippen LogP contribution in [0.15, 0.2) is 48.7 Å². The Balaban J connectivity index is 1.49. The molecule has 3 aromatic rings. The van der Waals surface area contributed by atoms with Crippen LogP contribution in [0.3, 0.4) is 0 Å². The van der Waals surface area contributed by atoms with Gasteiger partial charge in [-0.25, -0.2) is 4.68 Å². The van der Waals surface area contributed by atoms with E-state index in [0.29, 0.717) is 36.6 Å². The van der Waals surface area contributed by atoms with Crippen LogP contribution in [0.25, 0.3) is 0 Å². The molecule has 2 aliphatic rings. The smallest absolute Gasteiger partial charge is 0.410 e. The van der Waals surface area contributed by atoms with Crippen LogP contribution in [-0.4, -0.2) is 47.5 Å². The van der Waals surface area contributed by atoms with E-state index in [0.717, 1.165) is 10.2 Å². The highest BCUT2D eigenvalue weighted by atomic mass is 19.4. The summed E-state index contributed by atoms with van der Waals surface area (Å²) in [6, 6.07) is 10.3. The van der Waals surface area contributed by atoms with Gasteiger partial charge in [0.2, 0.25) is 0 Å². The van der Waals surface area contributed by atoms with E-state index in [-0.39, 0.29) is 23.7 Å². The number of nitrogens with zero attached hydrogens (tertiary/aromatic N) is 3. The lowest BCUT2D eigenvalue weighted by Gasteiger charge is -2.35. The highest BCUT2D eigenvalue weighted by Gasteiger charge is 2.47. The van der Waals surface area contributed by atoms with Crippen LogP contribution in [0.2, 0.25) is 0 Å². The van der Waals surface area contributed by atoms with Gasteiger partial charge in [0.25, 0.3) is 5.91 Å². The van der Waals surface area contributed by atoms with Crippen molar-refractivity contribution in [2.75, 3.05) is 26.1 Å². The highest BCUT2D eigenvalue weighted by Crippen LogP contribution is 2.45. The molecular weight excluding hydrogens is 461 g/mol. The second-order valence-electron chi connectivity index (χ2n) is 8.70. The topological polar surface area (TPSA) is 68.6 Å². The number of hydrogen-bond donors (Lipinski definition) is 1. The molecule has 0 spiro atoms. The fraction of sp³-hybridized carbons (Fsp3) is 0.360. The van der Waals surface area contributed by atoms with Crippen LogP contribution in [0.5, 0.6) is 11.5 Å². The van der Waals surface area contributed by atoms with Crippen molar-refractivity contribution in [2.45, 2.75) is 37.6 Å². The monoisotopic (exact) mass is 486 g/mol. The zero-order chi connectivity index (χ0) is 24.7. The van der Waals surface area contributed by atoms with Gasteiger partial charge in [-0.15, -0.1) is 0 Å². The number of rotatable bonds is 4. The zero-order valence-electron chi connectivity index (χ0n) is 19.3. The zero-order valence-corrected chi connectivity index (χ0v) is 19.3. The predicted octanol–water partition coefficient (Wildman–Crippen LogP) is 4.76. The molecule has 0 unspecified atom stereocenters. The number of carbonyl (C=O) groups excluding carboxylic acids is 1. The molecule has 2 atom stereocenters. The number of aromatic nitrogens is 2. The van der Waals surface area contributed by atoms with E-state index in [2.05, 4.69) is 10.4 Å². The maximum absolute atomic E-state index is 14.1. The highest BCUT2D eigenvalue weighted by molar-refractivity contribution is 5.99. The summed E-state index contributed by atoms with van der Waals surface area (Å²) in [7, 11) is 2.96. The number of nitrogens with one attached hydrogen (secondary N) is 1. The summed E-state index contributed by atoms with van der Waals surface area (Å²) >= 11 is 0. The molecule has 5 rings (SSSR count). The minimum absolute atomic E-state index is 0.0715. The molecule has 0 saturated carbocycles. The molecule has 0 radical (unpaired) electrons. The molecule has 10 heteroatoms. The second-order valence-corrected chi connectivity index (χ2v) is 8.70. The normalized spacial score (nSPS) is 19.4. The number of halogens is 3. The first-order chi connectivity index (χ1) is 16.8. The number of anilines is 1. The lowest BCUT2D eigenvalue weighted by atomic mass is 9.96. The van der Waals surface area contributed by atoms with Gasteiger partial charge in [0.05, 0.1) is 26.5 Å². The molecule has 1 aromatic heterocycles. The minimum atomic E-state index is -4.54. The van der Waals surface area contributed by atoms with E-state index < -0.39 is 18.3 Å². The van der Waals surface area contributed by atoms with Crippen molar-refractivity contribution in [1.29, 1.82) is 0 Å². The van der Waals surface area contributed by atoms with Gasteiger partial charge in [-0.2, -0.15) is 18.3 Å². The van der Waals surface area contributed by atoms with Crippen molar-refractivity contribution in [3.8, 4) is 11.5 Å². The summed E-state index contributed by atoms with van der Waals surface area (Å²) < 4.78 is 53.7. The average molecular weight is 486 g/mol. The van der Waals surface area contributed by atoms with E-state index in [4.69, 9.17) is 9.47 Å². The third-order valence-electron chi connectivity index (χ3n) is 6.70. The van der Waals surface area contributed by atoms with Crippen LogP contribution in [0, 0.1) is 0 Å². The number of hydrogen-bond acceptors (Lipinski definition) is 5. The Bertz CT molecular complexity index is 1260. The molecule has 0 fully saturated rings. The van der Waals surface area contributed by atoms with Gasteiger partial charge < -0.3 is 19.7 Å². The maximum atomic E-state index is 14.1. The van der Waals surface area contributed by atoms with E-state index in [1.807, 2.05) is 24.3 Å². The average Bonchev–Trinajstić information content (AvgIpc) is 3.30. The summed E-state index contributed by atoms with van der Waals surface area (Å²) in [6.45, 7) is 0.893. The molecule has 7 nitrogen and oxygen atoms in total. The standard InChI is InChI=1S/C25H25F3N4O3/c1-34-20-8-7-16(11-21(20)35-2)19-12-22(25(26,27)28)32-23(30-19)18(13-29-32)24(33)31-10-9-15-5-3-4-6-17(15)14-31/h3-8,11,13,19,22,30H,9-10,12,14H2,1-2H3/t19-,22-/m0/s1. The number of ether oxygens (including phenoxy) is 2. The number of fused-ring (bicyclic) bond motifs is 2. The van der Waals surface area contributed by atoms with Crippen LogP contribution in [-0.2, 0) is 13.0 Å². The molecule has 1 amide bonds. The predicted molar refractivity (Wildman–Crippen MR) is 123 cm³/mol. The molecule has 184 valence electrons. The van der Waals surface area contributed by atoms with Gasteiger partial charge in [0.1, 0.15) is 11.4 Å². The summed E-state index contributed by atoms with van der Waals surface area (Å²) in [5.41, 5.74) is 2.94. The first-order valence-corrected chi connectivity index (χ1v) is 11.3. The maximum Gasteiger partial charge on any atom is 0.410 e. The fourth-order valence-electron chi connectivity index (χ4n) is 4.85. The van der Waals surface area contributed by atoms with Crippen molar-refractivity contribution < 1.29 is 27.4 Å². The van der Waals surface area contributed by atoms with Crippen LogP contribution < -0.4 is 14.8 Å². The molecule has 2 aliphatic heterocycles. The lowest BCUT2D eigenvalue weighted by molar-refractivity contribution is -0.173. The molecule has 0 saturated heterocycles. The SMILES string of the molecule is COc1ccc([C@@H]2C[C@@H](C(F)(F)F)n3ncc(C(=O)N4CCc5ccccc5C4)c3N2)cc1OC. The molecule has 0 aliphatic carbocycles. The molecule has 3 heterocycles. The summed E-state index contributed by atoms with van der Waals surface area (Å²) in [6.07, 6.45) is -2.89. The largest absolute Gasteiger partial charge is 0.493 e. The second kappa shape index (κ2) is 8.83. The Kier molecular flexibility index (Phi) is 5.82. The van der Waals surface area contributed by atoms with Crippen molar-refractivity contribution >= 4 is 11.7 Å². The number of methoxy groups -OCH3 is 2. The van der Waals surface area contributed by atoms with E-state index in [9.17, 15) is 18.0 Å². The van der Waals surface area contributed by atoms with Crippen LogP contribution >= 0.6 is 0 Å². The molecular formula is C25H25F3N4O3. The molecule has 2 aromatic carbocycles. The number of amides is 1. The Morgan fingerprint density at radius 3 is 2.54 bits per heavy atom. The van der Waals surface area contributed by atoms with Gasteiger partial charge in [0, 0.05) is 19.5 Å². The summed E-state index contributed by atoms with van der Waals surface area (Å²) in [5.74, 6) is 0.618. The van der Waals surface area contributed by atoms with Gasteiger partial charge in [-0.1, -0.05) is 30.3 Å². The van der Waals surface area contributed by atoms with Gasteiger partial charge in [-0.3, -0.25) is 4.79 Å². The Morgan fingerprint density at radius 2 is 1.83 bits per heavy atom. The van der Waals surface area contributed by atoms with Crippen molar-refractivity contribution in [2.24, 2.45) is 0 Å². The Morgan fingerprint density at radius 1 is 1.09 bits per heavy atom. The van der Waals surface area contributed by atoms with Gasteiger partial charge >= 0.3 is 6.18 Å². The van der Waals surface area contributed by atoms with E-state index >= 15 is 0 Å². The van der Waals surface area contributed by atoms with Gasteiger partial charge in [-0.05, 0) is 35.2 Å². The van der Waals surface area contributed by atoms with Crippen LogP contribution in [0.1, 0.15) is 45.6 Å². The molecule has 1 N–H and O–H groups in total.